The van der Waals surface area contributed by atoms with Crippen LogP contribution in [0.2, 0.25) is 0 Å². The summed E-state index contributed by atoms with van der Waals surface area (Å²) < 4.78 is 5.21. The van der Waals surface area contributed by atoms with E-state index in [2.05, 4.69) is 4.98 Å². The van der Waals surface area contributed by atoms with Crippen LogP contribution in [0.15, 0.2) is 24.3 Å². The second-order valence-electron chi connectivity index (χ2n) is 7.33. The number of carboxylic acid groups (broad SMARTS) is 1. The van der Waals surface area contributed by atoms with Gasteiger partial charge in [0.15, 0.2) is 0 Å². The van der Waals surface area contributed by atoms with Crippen molar-refractivity contribution in [3.05, 3.63) is 35.5 Å². The van der Waals surface area contributed by atoms with Crippen molar-refractivity contribution in [3.63, 3.8) is 0 Å². The number of hydrogen-bond donors (Lipinski definition) is 1. The highest BCUT2D eigenvalue weighted by atomic mass is 16.5. The number of methoxy groups -OCH3 is 1. The smallest absolute Gasteiger partial charge is 0.306 e. The van der Waals surface area contributed by atoms with Gasteiger partial charge in [-0.1, -0.05) is 0 Å². The third-order valence-corrected chi connectivity index (χ3v) is 5.36. The fourth-order valence-electron chi connectivity index (χ4n) is 3.54. The normalized spacial score (nSPS) is 14.7. The molecule has 1 saturated heterocycles. The maximum Gasteiger partial charge on any atom is 0.306 e. The number of carbonyl (C=O) groups excluding carboxylic acids is 2. The lowest BCUT2D eigenvalue weighted by molar-refractivity contribution is -0.145. The molecule has 2 aromatic rings. The third-order valence-electron chi connectivity index (χ3n) is 5.36. The maximum atomic E-state index is 12.9. The van der Waals surface area contributed by atoms with Gasteiger partial charge in [-0.3, -0.25) is 19.4 Å². The number of aromatic nitrogens is 1. The van der Waals surface area contributed by atoms with E-state index in [4.69, 9.17) is 9.84 Å². The van der Waals surface area contributed by atoms with Gasteiger partial charge in [0.25, 0.3) is 5.91 Å². The lowest BCUT2D eigenvalue weighted by Gasteiger charge is -2.31. The van der Waals surface area contributed by atoms with E-state index in [1.807, 2.05) is 18.2 Å². The zero-order valence-corrected chi connectivity index (χ0v) is 16.8. The van der Waals surface area contributed by atoms with E-state index >= 15 is 0 Å². The number of ether oxygens (including phenoxy) is 1. The molecular formula is C21H25N3O5. The molecule has 8 heteroatoms. The minimum Gasteiger partial charge on any atom is -0.497 e. The van der Waals surface area contributed by atoms with Crippen molar-refractivity contribution in [3.8, 4) is 5.75 Å². The molecule has 29 heavy (non-hydrogen) atoms. The first-order chi connectivity index (χ1) is 13.8. The number of carbonyl (C=O) groups is 3. The van der Waals surface area contributed by atoms with Crippen LogP contribution in [-0.2, 0) is 9.59 Å². The largest absolute Gasteiger partial charge is 0.497 e. The van der Waals surface area contributed by atoms with Gasteiger partial charge in [-0.15, -0.1) is 0 Å². The number of pyridine rings is 1. The van der Waals surface area contributed by atoms with Gasteiger partial charge < -0.3 is 19.6 Å². The molecule has 0 unspecified atom stereocenters. The fraction of sp³-hybridized carbons (Fsp3) is 0.429. The number of amides is 2. The monoisotopic (exact) mass is 399 g/mol. The summed E-state index contributed by atoms with van der Waals surface area (Å²) in [6, 6.07) is 7.24. The molecular weight excluding hydrogens is 374 g/mol. The second kappa shape index (κ2) is 8.46. The Hall–Kier alpha value is -3.16. The SMILES string of the molecule is COc1ccc2cc(C(=O)N(C)CC(=O)N3CCC(C(=O)O)CC3)c(C)nc2c1. The number of likely N-dealkylation sites (tertiary alicyclic amines) is 1. The second-order valence-corrected chi connectivity index (χ2v) is 7.33. The molecule has 1 N–H and O–H groups in total. The number of nitrogens with zero attached hydrogens (tertiary/aromatic N) is 3. The van der Waals surface area contributed by atoms with E-state index in [1.54, 1.807) is 32.0 Å². The van der Waals surface area contributed by atoms with E-state index in [9.17, 15) is 14.4 Å². The van der Waals surface area contributed by atoms with Crippen molar-refractivity contribution in [2.75, 3.05) is 33.8 Å². The van der Waals surface area contributed by atoms with E-state index in [0.717, 1.165) is 10.9 Å². The van der Waals surface area contributed by atoms with Gasteiger partial charge in [-0.05, 0) is 38.0 Å². The Balaban J connectivity index is 1.69. The number of aliphatic carboxylic acids is 1. The number of fused-ring (bicyclic) bond motifs is 1. The van der Waals surface area contributed by atoms with Crippen molar-refractivity contribution < 1.29 is 24.2 Å². The molecule has 0 aliphatic carbocycles. The number of carboxylic acids is 1. The van der Waals surface area contributed by atoms with Crippen LogP contribution in [-0.4, -0.2) is 71.5 Å². The minimum atomic E-state index is -0.818. The molecule has 2 amide bonds. The summed E-state index contributed by atoms with van der Waals surface area (Å²) in [6.45, 7) is 2.50. The molecule has 1 aromatic carbocycles. The summed E-state index contributed by atoms with van der Waals surface area (Å²) >= 11 is 0. The zero-order valence-electron chi connectivity index (χ0n) is 16.8. The molecule has 1 fully saturated rings. The molecule has 3 rings (SSSR count). The summed E-state index contributed by atoms with van der Waals surface area (Å²) in [5, 5.41) is 9.88. The maximum absolute atomic E-state index is 12.9. The number of likely N-dealkylation sites (N-methyl/N-ethyl adjacent to an activating group) is 1. The Kier molecular flexibility index (Phi) is 6.00. The molecule has 1 aliphatic heterocycles. The Morgan fingerprint density at radius 1 is 1.24 bits per heavy atom. The first-order valence-corrected chi connectivity index (χ1v) is 9.51. The van der Waals surface area contributed by atoms with Gasteiger partial charge in [0.2, 0.25) is 5.91 Å². The summed E-state index contributed by atoms with van der Waals surface area (Å²) in [7, 11) is 3.17. The third kappa shape index (κ3) is 4.47. The summed E-state index contributed by atoms with van der Waals surface area (Å²) in [5.41, 5.74) is 1.76. The van der Waals surface area contributed by atoms with Crippen LogP contribution in [0.1, 0.15) is 28.9 Å². The average Bonchev–Trinajstić information content (AvgIpc) is 2.72. The van der Waals surface area contributed by atoms with Gasteiger partial charge in [0, 0.05) is 31.6 Å². The predicted octanol–water partition coefficient (Wildman–Crippen LogP) is 1.95. The molecule has 0 saturated carbocycles. The quantitative estimate of drug-likeness (QED) is 0.825. The van der Waals surface area contributed by atoms with Crippen molar-refractivity contribution >= 4 is 28.7 Å². The Morgan fingerprint density at radius 3 is 2.55 bits per heavy atom. The first kappa shape index (κ1) is 20.6. The average molecular weight is 399 g/mol. The molecule has 0 bridgehead atoms. The van der Waals surface area contributed by atoms with Crippen LogP contribution >= 0.6 is 0 Å². The van der Waals surface area contributed by atoms with E-state index in [-0.39, 0.29) is 18.4 Å². The van der Waals surface area contributed by atoms with E-state index in [1.165, 1.54) is 4.90 Å². The summed E-state index contributed by atoms with van der Waals surface area (Å²) in [4.78, 5) is 44.0. The van der Waals surface area contributed by atoms with Gasteiger partial charge in [0.1, 0.15) is 5.75 Å². The highest BCUT2D eigenvalue weighted by molar-refractivity contribution is 6.00. The first-order valence-electron chi connectivity index (χ1n) is 9.51. The molecule has 0 spiro atoms. The molecule has 2 heterocycles. The van der Waals surface area contributed by atoms with Gasteiger partial charge >= 0.3 is 5.97 Å². The van der Waals surface area contributed by atoms with Crippen molar-refractivity contribution in [1.82, 2.24) is 14.8 Å². The molecule has 0 atom stereocenters. The van der Waals surface area contributed by atoms with Crippen molar-refractivity contribution in [1.29, 1.82) is 0 Å². The van der Waals surface area contributed by atoms with Gasteiger partial charge in [-0.2, -0.15) is 0 Å². The Bertz CT molecular complexity index is 951. The lowest BCUT2D eigenvalue weighted by Crippen LogP contribution is -2.45. The number of hydrogen-bond acceptors (Lipinski definition) is 5. The number of piperidine rings is 1. The van der Waals surface area contributed by atoms with Gasteiger partial charge in [-0.25, -0.2) is 0 Å². The zero-order chi connectivity index (χ0) is 21.1. The number of benzene rings is 1. The van der Waals surface area contributed by atoms with Crippen LogP contribution in [0, 0.1) is 12.8 Å². The van der Waals surface area contributed by atoms with Crippen LogP contribution in [0.25, 0.3) is 10.9 Å². The fourth-order valence-corrected chi connectivity index (χ4v) is 3.54. The number of rotatable bonds is 5. The van der Waals surface area contributed by atoms with Gasteiger partial charge in [0.05, 0.1) is 36.3 Å². The molecule has 8 nitrogen and oxygen atoms in total. The van der Waals surface area contributed by atoms with Crippen molar-refractivity contribution in [2.45, 2.75) is 19.8 Å². The van der Waals surface area contributed by atoms with E-state index in [0.29, 0.717) is 42.9 Å². The Labute approximate surface area is 169 Å². The molecule has 0 radical (unpaired) electrons. The van der Waals surface area contributed by atoms with Crippen LogP contribution in [0.4, 0.5) is 0 Å². The van der Waals surface area contributed by atoms with Crippen LogP contribution in [0.3, 0.4) is 0 Å². The highest BCUT2D eigenvalue weighted by Crippen LogP contribution is 2.23. The highest BCUT2D eigenvalue weighted by Gasteiger charge is 2.28. The topological polar surface area (TPSA) is 100 Å². The lowest BCUT2D eigenvalue weighted by atomic mass is 9.97. The van der Waals surface area contributed by atoms with Crippen LogP contribution in [0.5, 0.6) is 5.75 Å². The standard InChI is InChI=1S/C21H25N3O5/c1-13-17(10-15-4-5-16(29-3)11-18(15)22-13)20(26)23(2)12-19(25)24-8-6-14(7-9-24)21(27)28/h4-5,10-11,14H,6-9,12H2,1-3H3,(H,27,28). The Morgan fingerprint density at radius 2 is 1.93 bits per heavy atom. The predicted molar refractivity (Wildman–Crippen MR) is 107 cm³/mol. The molecule has 154 valence electrons. The summed E-state index contributed by atoms with van der Waals surface area (Å²) in [6.07, 6.45) is 0.881. The van der Waals surface area contributed by atoms with Crippen molar-refractivity contribution in [2.24, 2.45) is 5.92 Å². The number of aryl methyl sites for hydroxylation is 1. The van der Waals surface area contributed by atoms with Crippen LogP contribution < -0.4 is 4.74 Å². The molecule has 1 aromatic heterocycles. The summed E-state index contributed by atoms with van der Waals surface area (Å²) in [5.74, 6) is -0.982. The minimum absolute atomic E-state index is 0.0589. The van der Waals surface area contributed by atoms with E-state index < -0.39 is 11.9 Å². The molecule has 1 aliphatic rings.